The van der Waals surface area contributed by atoms with E-state index in [1.807, 2.05) is 0 Å². The zero-order chi connectivity index (χ0) is 21.7. The number of carbonyl (C=O) groups excluding carboxylic acids is 1. The van der Waals surface area contributed by atoms with Gasteiger partial charge in [0.1, 0.15) is 17.5 Å². The van der Waals surface area contributed by atoms with E-state index in [2.05, 4.69) is 15.0 Å². The largest absolute Gasteiger partial charge is 0.325 e. The predicted molar refractivity (Wildman–Crippen MR) is 114 cm³/mol. The molecule has 1 aliphatic heterocycles. The highest BCUT2D eigenvalue weighted by Crippen LogP contribution is 2.32. The molecule has 0 aliphatic carbocycles. The van der Waals surface area contributed by atoms with Gasteiger partial charge in [0.15, 0.2) is 0 Å². The van der Waals surface area contributed by atoms with Crippen molar-refractivity contribution in [2.75, 3.05) is 17.6 Å². The molecule has 1 heterocycles. The lowest BCUT2D eigenvalue weighted by Crippen LogP contribution is -2.29. The standard InChI is InChI=1S/C20H21F2N3O3S2/c1-13(20-16(21)7-3-8-17(20)22)29-12-19(26)24-14-5-2-6-15(11-14)30(27,28)25-18-9-4-10-23-18/h2-3,5-8,11,13H,4,9-10,12H2,1H3,(H,23,25)(H,24,26). The average Bonchev–Trinajstić information content (AvgIpc) is 3.19. The second-order valence-electron chi connectivity index (χ2n) is 6.70. The molecule has 6 nitrogen and oxygen atoms in total. The minimum Gasteiger partial charge on any atom is -0.325 e. The zero-order valence-corrected chi connectivity index (χ0v) is 17.8. The summed E-state index contributed by atoms with van der Waals surface area (Å²) in [5.41, 5.74) is 0.228. The van der Waals surface area contributed by atoms with Crippen molar-refractivity contribution in [2.24, 2.45) is 4.99 Å². The van der Waals surface area contributed by atoms with E-state index in [4.69, 9.17) is 0 Å². The Morgan fingerprint density at radius 2 is 1.90 bits per heavy atom. The van der Waals surface area contributed by atoms with E-state index in [1.54, 1.807) is 13.0 Å². The van der Waals surface area contributed by atoms with Gasteiger partial charge in [0.05, 0.1) is 10.6 Å². The second-order valence-corrected chi connectivity index (χ2v) is 9.71. The van der Waals surface area contributed by atoms with Crippen molar-refractivity contribution < 1.29 is 22.0 Å². The number of hydrogen-bond acceptors (Lipinski definition) is 5. The smallest absolute Gasteiger partial charge is 0.262 e. The third kappa shape index (κ3) is 5.57. The van der Waals surface area contributed by atoms with E-state index in [0.717, 1.165) is 18.2 Å². The Morgan fingerprint density at radius 3 is 2.57 bits per heavy atom. The monoisotopic (exact) mass is 453 g/mol. The van der Waals surface area contributed by atoms with Gasteiger partial charge in [-0.1, -0.05) is 12.1 Å². The van der Waals surface area contributed by atoms with Crippen molar-refractivity contribution in [2.45, 2.75) is 29.9 Å². The Morgan fingerprint density at radius 1 is 1.20 bits per heavy atom. The van der Waals surface area contributed by atoms with Gasteiger partial charge in [0.2, 0.25) is 5.91 Å². The summed E-state index contributed by atoms with van der Waals surface area (Å²) >= 11 is 1.08. The van der Waals surface area contributed by atoms with Crippen molar-refractivity contribution in [3.8, 4) is 0 Å². The molecule has 0 bridgehead atoms. The van der Waals surface area contributed by atoms with Gasteiger partial charge >= 0.3 is 0 Å². The van der Waals surface area contributed by atoms with Gasteiger partial charge in [-0.05, 0) is 43.7 Å². The number of aliphatic imine (C=N–C) groups is 1. The lowest BCUT2D eigenvalue weighted by molar-refractivity contribution is -0.113. The van der Waals surface area contributed by atoms with Crippen molar-refractivity contribution in [1.82, 2.24) is 4.72 Å². The van der Waals surface area contributed by atoms with Gasteiger partial charge in [-0.2, -0.15) is 0 Å². The molecule has 2 aromatic carbocycles. The molecule has 0 spiro atoms. The Labute approximate surface area is 178 Å². The summed E-state index contributed by atoms with van der Waals surface area (Å²) in [5, 5.41) is 2.04. The SMILES string of the molecule is CC(SCC(=O)Nc1cccc(S(=O)(=O)NC2=NCCC2)c1)c1c(F)cccc1F. The molecular formula is C20H21F2N3O3S2. The summed E-state index contributed by atoms with van der Waals surface area (Å²) in [6, 6.07) is 9.48. The Kier molecular flexibility index (Phi) is 7.09. The Bertz CT molecular complexity index is 1050. The highest BCUT2D eigenvalue weighted by atomic mass is 32.2. The fourth-order valence-electron chi connectivity index (χ4n) is 2.96. The van der Waals surface area contributed by atoms with Crippen LogP contribution in [0.3, 0.4) is 0 Å². The number of carbonyl (C=O) groups is 1. The van der Waals surface area contributed by atoms with Crippen LogP contribution in [0, 0.1) is 11.6 Å². The van der Waals surface area contributed by atoms with Gasteiger partial charge in [-0.25, -0.2) is 17.2 Å². The van der Waals surface area contributed by atoms with E-state index in [-0.39, 0.29) is 16.2 Å². The van der Waals surface area contributed by atoms with Crippen LogP contribution in [0.4, 0.5) is 14.5 Å². The highest BCUT2D eigenvalue weighted by Gasteiger charge is 2.20. The highest BCUT2D eigenvalue weighted by molar-refractivity contribution is 8.00. The molecule has 1 amide bonds. The number of sulfonamides is 1. The first-order valence-electron chi connectivity index (χ1n) is 9.28. The van der Waals surface area contributed by atoms with Crippen molar-refractivity contribution in [3.63, 3.8) is 0 Å². The lowest BCUT2D eigenvalue weighted by atomic mass is 10.1. The Balaban J connectivity index is 1.61. The number of rotatable bonds is 7. The maximum absolute atomic E-state index is 13.8. The molecule has 1 unspecified atom stereocenters. The van der Waals surface area contributed by atoms with Gasteiger partial charge in [0.25, 0.3) is 10.0 Å². The summed E-state index contributed by atoms with van der Waals surface area (Å²) in [4.78, 5) is 16.4. The van der Waals surface area contributed by atoms with Crippen molar-refractivity contribution >= 4 is 39.2 Å². The van der Waals surface area contributed by atoms with Gasteiger partial charge < -0.3 is 5.32 Å². The number of nitrogens with one attached hydrogen (secondary N) is 2. The molecule has 10 heteroatoms. The van der Waals surface area contributed by atoms with Crippen LogP contribution in [-0.2, 0) is 14.8 Å². The van der Waals surface area contributed by atoms with E-state index < -0.39 is 32.8 Å². The predicted octanol–water partition coefficient (Wildman–Crippen LogP) is 3.87. The number of anilines is 1. The molecule has 0 saturated carbocycles. The number of thioether (sulfide) groups is 1. The van der Waals surface area contributed by atoms with Crippen LogP contribution in [0.5, 0.6) is 0 Å². The van der Waals surface area contributed by atoms with E-state index >= 15 is 0 Å². The van der Waals surface area contributed by atoms with Gasteiger partial charge in [-0.15, -0.1) is 11.8 Å². The van der Waals surface area contributed by atoms with Gasteiger partial charge in [-0.3, -0.25) is 14.5 Å². The van der Waals surface area contributed by atoms with Crippen LogP contribution in [0.1, 0.15) is 30.6 Å². The maximum atomic E-state index is 13.8. The van der Waals surface area contributed by atoms with E-state index in [1.165, 1.54) is 36.4 Å². The molecule has 2 aromatic rings. The maximum Gasteiger partial charge on any atom is 0.262 e. The van der Waals surface area contributed by atoms with E-state index in [0.29, 0.717) is 24.5 Å². The molecule has 160 valence electrons. The lowest BCUT2D eigenvalue weighted by Gasteiger charge is -2.14. The molecular weight excluding hydrogens is 432 g/mol. The second kappa shape index (κ2) is 9.57. The normalized spacial score (nSPS) is 14.8. The molecule has 2 N–H and O–H groups in total. The molecule has 3 rings (SSSR count). The first-order chi connectivity index (χ1) is 14.3. The van der Waals surface area contributed by atoms with Crippen molar-refractivity contribution in [1.29, 1.82) is 0 Å². The molecule has 30 heavy (non-hydrogen) atoms. The summed E-state index contributed by atoms with van der Waals surface area (Å²) in [6.45, 7) is 2.21. The minimum atomic E-state index is -3.79. The molecule has 0 fully saturated rings. The van der Waals surface area contributed by atoms with Crippen LogP contribution >= 0.6 is 11.8 Å². The topological polar surface area (TPSA) is 87.6 Å². The first-order valence-corrected chi connectivity index (χ1v) is 11.8. The number of nitrogens with zero attached hydrogens (tertiary/aromatic N) is 1. The molecule has 0 radical (unpaired) electrons. The average molecular weight is 454 g/mol. The fourth-order valence-corrected chi connectivity index (χ4v) is 4.96. The molecule has 0 saturated heterocycles. The number of amides is 1. The quantitative estimate of drug-likeness (QED) is 0.666. The van der Waals surface area contributed by atoms with E-state index in [9.17, 15) is 22.0 Å². The first kappa shape index (κ1) is 22.2. The summed E-state index contributed by atoms with van der Waals surface area (Å²) in [7, 11) is -3.79. The molecule has 1 atom stereocenters. The van der Waals surface area contributed by atoms with Crippen LogP contribution < -0.4 is 10.0 Å². The van der Waals surface area contributed by atoms with Crippen LogP contribution in [-0.4, -0.2) is 32.5 Å². The zero-order valence-electron chi connectivity index (χ0n) is 16.2. The third-order valence-corrected chi connectivity index (χ3v) is 6.97. The summed E-state index contributed by atoms with van der Waals surface area (Å²) in [6.07, 6.45) is 1.38. The summed E-state index contributed by atoms with van der Waals surface area (Å²) < 4.78 is 55.1. The fraction of sp³-hybridized carbons (Fsp3) is 0.300. The number of halogens is 2. The molecule has 0 aromatic heterocycles. The number of amidine groups is 1. The van der Waals surface area contributed by atoms with Crippen LogP contribution in [0.2, 0.25) is 0 Å². The number of hydrogen-bond donors (Lipinski definition) is 2. The Hall–Kier alpha value is -2.46. The summed E-state index contributed by atoms with van der Waals surface area (Å²) in [5.74, 6) is -1.36. The third-order valence-electron chi connectivity index (χ3n) is 4.43. The van der Waals surface area contributed by atoms with Crippen LogP contribution in [0.15, 0.2) is 52.4 Å². The number of benzene rings is 2. The molecule has 1 aliphatic rings. The van der Waals surface area contributed by atoms with Gasteiger partial charge in [0, 0.05) is 29.5 Å². The minimum absolute atomic E-state index is 0.00403. The van der Waals surface area contributed by atoms with Crippen LogP contribution in [0.25, 0.3) is 0 Å². The van der Waals surface area contributed by atoms with Crippen molar-refractivity contribution in [3.05, 3.63) is 59.7 Å².